The quantitative estimate of drug-likeness (QED) is 0.618. The fourth-order valence-electron chi connectivity index (χ4n) is 2.27. The van der Waals surface area contributed by atoms with Gasteiger partial charge < -0.3 is 9.73 Å². The SMILES string of the molecule is O=C(NCc1cc2ccccc2o1)c1csc(-c2ncccn2)n1. The molecular weight excluding hydrogens is 324 g/mol. The summed E-state index contributed by atoms with van der Waals surface area (Å²) in [4.78, 5) is 24.8. The van der Waals surface area contributed by atoms with Crippen LogP contribution >= 0.6 is 11.3 Å². The second-order valence-corrected chi connectivity index (χ2v) is 5.90. The first kappa shape index (κ1) is 14.5. The molecule has 4 aromatic rings. The van der Waals surface area contributed by atoms with Crippen molar-refractivity contribution in [2.75, 3.05) is 0 Å². The molecule has 7 heteroatoms. The lowest BCUT2D eigenvalue weighted by Crippen LogP contribution is -2.22. The van der Waals surface area contributed by atoms with E-state index in [9.17, 15) is 4.79 Å². The summed E-state index contributed by atoms with van der Waals surface area (Å²) in [7, 11) is 0. The Morgan fingerprint density at radius 3 is 2.83 bits per heavy atom. The topological polar surface area (TPSA) is 80.9 Å². The van der Waals surface area contributed by atoms with E-state index >= 15 is 0 Å². The number of furan rings is 1. The number of carbonyl (C=O) groups excluding carboxylic acids is 1. The van der Waals surface area contributed by atoms with Crippen LogP contribution in [0.3, 0.4) is 0 Å². The van der Waals surface area contributed by atoms with Gasteiger partial charge in [0.05, 0.1) is 6.54 Å². The predicted molar refractivity (Wildman–Crippen MR) is 90.5 cm³/mol. The molecule has 4 rings (SSSR count). The number of aromatic nitrogens is 3. The van der Waals surface area contributed by atoms with E-state index in [2.05, 4.69) is 20.3 Å². The van der Waals surface area contributed by atoms with Crippen LogP contribution in [0.25, 0.3) is 21.8 Å². The third kappa shape index (κ3) is 2.89. The van der Waals surface area contributed by atoms with Gasteiger partial charge in [0.25, 0.3) is 5.91 Å². The molecule has 3 aromatic heterocycles. The van der Waals surface area contributed by atoms with Gasteiger partial charge in [-0.2, -0.15) is 0 Å². The van der Waals surface area contributed by atoms with Gasteiger partial charge >= 0.3 is 0 Å². The van der Waals surface area contributed by atoms with Crippen LogP contribution in [0, 0.1) is 0 Å². The molecule has 0 unspecified atom stereocenters. The lowest BCUT2D eigenvalue weighted by Gasteiger charge is -1.99. The van der Waals surface area contributed by atoms with E-state index in [1.807, 2.05) is 30.3 Å². The maximum Gasteiger partial charge on any atom is 0.271 e. The fraction of sp³-hybridized carbons (Fsp3) is 0.0588. The van der Waals surface area contributed by atoms with Gasteiger partial charge in [-0.3, -0.25) is 4.79 Å². The Labute approximate surface area is 141 Å². The molecule has 1 aromatic carbocycles. The van der Waals surface area contributed by atoms with Crippen LogP contribution in [0.15, 0.2) is 58.6 Å². The molecule has 0 spiro atoms. The predicted octanol–water partition coefficient (Wildman–Crippen LogP) is 3.28. The summed E-state index contributed by atoms with van der Waals surface area (Å²) in [6.07, 6.45) is 3.29. The molecule has 0 aliphatic rings. The highest BCUT2D eigenvalue weighted by molar-refractivity contribution is 7.13. The number of amides is 1. The second kappa shape index (κ2) is 6.21. The fourth-order valence-corrected chi connectivity index (χ4v) is 3.02. The first-order chi connectivity index (χ1) is 11.8. The number of thiazole rings is 1. The van der Waals surface area contributed by atoms with Gasteiger partial charge in [-0.05, 0) is 18.2 Å². The van der Waals surface area contributed by atoms with Crippen LogP contribution in [0.2, 0.25) is 0 Å². The second-order valence-electron chi connectivity index (χ2n) is 5.04. The number of para-hydroxylation sites is 1. The summed E-state index contributed by atoms with van der Waals surface area (Å²) in [6.45, 7) is 0.308. The maximum atomic E-state index is 12.2. The van der Waals surface area contributed by atoms with E-state index in [1.165, 1.54) is 11.3 Å². The van der Waals surface area contributed by atoms with E-state index < -0.39 is 0 Å². The van der Waals surface area contributed by atoms with Gasteiger partial charge in [-0.25, -0.2) is 15.0 Å². The normalized spacial score (nSPS) is 10.8. The Hall–Kier alpha value is -3.06. The van der Waals surface area contributed by atoms with Gasteiger partial charge in [0.15, 0.2) is 10.8 Å². The minimum absolute atomic E-state index is 0.256. The van der Waals surface area contributed by atoms with Crippen molar-refractivity contribution >= 4 is 28.2 Å². The monoisotopic (exact) mass is 336 g/mol. The zero-order valence-electron chi connectivity index (χ0n) is 12.5. The van der Waals surface area contributed by atoms with Crippen molar-refractivity contribution in [1.29, 1.82) is 0 Å². The van der Waals surface area contributed by atoms with E-state index in [1.54, 1.807) is 23.8 Å². The number of fused-ring (bicyclic) bond motifs is 1. The number of rotatable bonds is 4. The molecule has 1 N–H and O–H groups in total. The van der Waals surface area contributed by atoms with Crippen LogP contribution < -0.4 is 5.32 Å². The Morgan fingerprint density at radius 1 is 1.17 bits per heavy atom. The Kier molecular flexibility index (Phi) is 3.76. The number of nitrogens with one attached hydrogen (secondary N) is 1. The molecule has 3 heterocycles. The van der Waals surface area contributed by atoms with Crippen molar-refractivity contribution in [3.8, 4) is 10.8 Å². The van der Waals surface area contributed by atoms with Crippen LogP contribution in [-0.2, 0) is 6.54 Å². The summed E-state index contributed by atoms with van der Waals surface area (Å²) in [5.41, 5.74) is 1.15. The molecule has 24 heavy (non-hydrogen) atoms. The number of hydrogen-bond acceptors (Lipinski definition) is 6. The molecular formula is C17H12N4O2S. The van der Waals surface area contributed by atoms with E-state index in [4.69, 9.17) is 4.42 Å². The average molecular weight is 336 g/mol. The summed E-state index contributed by atoms with van der Waals surface area (Å²) >= 11 is 1.34. The Balaban J connectivity index is 1.45. The van der Waals surface area contributed by atoms with Crippen LogP contribution in [0.1, 0.15) is 16.2 Å². The van der Waals surface area contributed by atoms with Crippen molar-refractivity contribution in [2.45, 2.75) is 6.54 Å². The first-order valence-electron chi connectivity index (χ1n) is 7.28. The summed E-state index contributed by atoms with van der Waals surface area (Å²) < 4.78 is 5.68. The van der Waals surface area contributed by atoms with Crippen LogP contribution in [0.4, 0.5) is 0 Å². The molecule has 0 aliphatic carbocycles. The Bertz CT molecular complexity index is 961. The van der Waals surface area contributed by atoms with Gasteiger partial charge in [-0.1, -0.05) is 18.2 Å². The van der Waals surface area contributed by atoms with Gasteiger partial charge in [0.2, 0.25) is 0 Å². The third-order valence-corrected chi connectivity index (χ3v) is 4.23. The van der Waals surface area contributed by atoms with Crippen molar-refractivity contribution in [3.05, 3.63) is 65.6 Å². The van der Waals surface area contributed by atoms with E-state index in [0.717, 1.165) is 11.0 Å². The number of nitrogens with zero attached hydrogens (tertiary/aromatic N) is 3. The molecule has 0 saturated heterocycles. The number of hydrogen-bond donors (Lipinski definition) is 1. The van der Waals surface area contributed by atoms with E-state index in [-0.39, 0.29) is 5.91 Å². The third-order valence-electron chi connectivity index (χ3n) is 3.39. The lowest BCUT2D eigenvalue weighted by molar-refractivity contribution is 0.0944. The van der Waals surface area contributed by atoms with Crippen molar-refractivity contribution in [1.82, 2.24) is 20.3 Å². The lowest BCUT2D eigenvalue weighted by atomic mass is 10.2. The van der Waals surface area contributed by atoms with Gasteiger partial charge in [-0.15, -0.1) is 11.3 Å². The largest absolute Gasteiger partial charge is 0.459 e. The van der Waals surface area contributed by atoms with Crippen LogP contribution in [-0.4, -0.2) is 20.9 Å². The minimum atomic E-state index is -0.256. The molecule has 0 saturated carbocycles. The highest BCUT2D eigenvalue weighted by Crippen LogP contribution is 2.20. The summed E-state index contributed by atoms with van der Waals surface area (Å²) in [6, 6.07) is 11.4. The molecule has 0 radical (unpaired) electrons. The van der Waals surface area contributed by atoms with Crippen molar-refractivity contribution < 1.29 is 9.21 Å². The maximum absolute atomic E-state index is 12.2. The number of carbonyl (C=O) groups is 1. The first-order valence-corrected chi connectivity index (χ1v) is 8.16. The molecule has 0 bridgehead atoms. The highest BCUT2D eigenvalue weighted by Gasteiger charge is 2.13. The van der Waals surface area contributed by atoms with Gasteiger partial charge in [0.1, 0.15) is 17.0 Å². The molecule has 0 atom stereocenters. The molecule has 0 aliphatic heterocycles. The minimum Gasteiger partial charge on any atom is -0.459 e. The smallest absolute Gasteiger partial charge is 0.271 e. The molecule has 1 amide bonds. The number of benzene rings is 1. The zero-order chi connectivity index (χ0) is 16.4. The van der Waals surface area contributed by atoms with Gasteiger partial charge in [0, 0.05) is 23.2 Å². The summed E-state index contributed by atoms with van der Waals surface area (Å²) in [5, 5.41) is 6.13. The average Bonchev–Trinajstić information content (AvgIpc) is 3.27. The molecule has 0 fully saturated rings. The summed E-state index contributed by atoms with van der Waals surface area (Å²) in [5.74, 6) is 0.958. The van der Waals surface area contributed by atoms with Crippen LogP contribution in [0.5, 0.6) is 0 Å². The molecule has 118 valence electrons. The Morgan fingerprint density at radius 2 is 2.00 bits per heavy atom. The van der Waals surface area contributed by atoms with E-state index in [0.29, 0.717) is 28.8 Å². The van der Waals surface area contributed by atoms with Crippen molar-refractivity contribution in [3.63, 3.8) is 0 Å². The van der Waals surface area contributed by atoms with Crippen molar-refractivity contribution in [2.24, 2.45) is 0 Å². The zero-order valence-corrected chi connectivity index (χ0v) is 13.3. The highest BCUT2D eigenvalue weighted by atomic mass is 32.1. The standard InChI is InChI=1S/C17H12N4O2S/c22-16(13-10-24-17(21-13)15-18-6-3-7-19-15)20-9-12-8-11-4-1-2-5-14(11)23-12/h1-8,10H,9H2,(H,20,22). The molecule has 6 nitrogen and oxygen atoms in total.